The summed E-state index contributed by atoms with van der Waals surface area (Å²) in [5, 5.41) is 9.65. The van der Waals surface area contributed by atoms with Crippen molar-refractivity contribution in [2.24, 2.45) is 0 Å². The largest absolute Gasteiger partial charge is 0.488 e. The van der Waals surface area contributed by atoms with Gasteiger partial charge in [0, 0.05) is 41.9 Å². The van der Waals surface area contributed by atoms with Gasteiger partial charge in [-0.1, -0.05) is 19.1 Å². The Hall–Kier alpha value is -3.98. The molecule has 0 spiro atoms. The molecule has 0 unspecified atom stereocenters. The predicted octanol–water partition coefficient (Wildman–Crippen LogP) is 5.81. The summed E-state index contributed by atoms with van der Waals surface area (Å²) in [6, 6.07) is 15.0. The Morgan fingerprint density at radius 2 is 2.03 bits per heavy atom. The lowest BCUT2D eigenvalue weighted by atomic mass is 9.90. The SMILES string of the molecule is CCCc1nc2cnccc2n1Cc1ccc2c(c1)COc1cc(F)ccc1/C2=C(/C)C#N. The number of rotatable bonds is 4. The molecule has 0 radical (unpaired) electrons. The zero-order valence-electron chi connectivity index (χ0n) is 18.6. The molecule has 5 nitrogen and oxygen atoms in total. The Labute approximate surface area is 191 Å². The summed E-state index contributed by atoms with van der Waals surface area (Å²) in [7, 11) is 0. The molecule has 33 heavy (non-hydrogen) atoms. The van der Waals surface area contributed by atoms with Crippen molar-refractivity contribution in [1.82, 2.24) is 14.5 Å². The van der Waals surface area contributed by atoms with Crippen molar-refractivity contribution in [3.63, 3.8) is 0 Å². The normalized spacial score (nSPS) is 14.1. The second-order valence-corrected chi connectivity index (χ2v) is 8.26. The third kappa shape index (κ3) is 3.76. The number of nitrogens with zero attached hydrogens (tertiary/aromatic N) is 4. The van der Waals surface area contributed by atoms with Crippen LogP contribution >= 0.6 is 0 Å². The summed E-state index contributed by atoms with van der Waals surface area (Å²) >= 11 is 0. The summed E-state index contributed by atoms with van der Waals surface area (Å²) in [5.41, 5.74) is 7.07. The van der Waals surface area contributed by atoms with E-state index in [9.17, 15) is 9.65 Å². The molecule has 0 aliphatic carbocycles. The second-order valence-electron chi connectivity index (χ2n) is 8.26. The van der Waals surface area contributed by atoms with E-state index in [1.165, 1.54) is 12.1 Å². The maximum Gasteiger partial charge on any atom is 0.130 e. The highest BCUT2D eigenvalue weighted by molar-refractivity contribution is 5.88. The van der Waals surface area contributed by atoms with Crippen LogP contribution in [0.3, 0.4) is 0 Å². The summed E-state index contributed by atoms with van der Waals surface area (Å²) in [5.74, 6) is 1.13. The van der Waals surface area contributed by atoms with Crippen LogP contribution in [-0.4, -0.2) is 14.5 Å². The minimum absolute atomic E-state index is 0.304. The van der Waals surface area contributed by atoms with Crippen LogP contribution in [0.5, 0.6) is 5.75 Å². The van der Waals surface area contributed by atoms with Crippen molar-refractivity contribution in [2.75, 3.05) is 0 Å². The van der Waals surface area contributed by atoms with Crippen molar-refractivity contribution in [2.45, 2.75) is 39.8 Å². The third-order valence-corrected chi connectivity index (χ3v) is 6.02. The molecule has 3 heterocycles. The minimum Gasteiger partial charge on any atom is -0.488 e. The number of halogens is 1. The minimum atomic E-state index is -0.362. The molecule has 164 valence electrons. The highest BCUT2D eigenvalue weighted by Crippen LogP contribution is 2.39. The zero-order valence-corrected chi connectivity index (χ0v) is 18.6. The van der Waals surface area contributed by atoms with Crippen LogP contribution in [0, 0.1) is 17.1 Å². The first-order chi connectivity index (χ1) is 16.1. The number of aryl methyl sites for hydroxylation is 1. The van der Waals surface area contributed by atoms with Crippen molar-refractivity contribution >= 4 is 16.6 Å². The van der Waals surface area contributed by atoms with Crippen molar-refractivity contribution in [3.8, 4) is 11.8 Å². The van der Waals surface area contributed by atoms with Crippen LogP contribution in [0.4, 0.5) is 4.39 Å². The lowest BCUT2D eigenvalue weighted by Crippen LogP contribution is -2.06. The monoisotopic (exact) mass is 438 g/mol. The molecule has 0 fully saturated rings. The van der Waals surface area contributed by atoms with E-state index in [2.05, 4.69) is 34.7 Å². The lowest BCUT2D eigenvalue weighted by Gasteiger charge is -2.14. The maximum absolute atomic E-state index is 13.9. The average molecular weight is 439 g/mol. The number of hydrogen-bond donors (Lipinski definition) is 0. The topological polar surface area (TPSA) is 63.7 Å². The third-order valence-electron chi connectivity index (χ3n) is 6.02. The van der Waals surface area contributed by atoms with Gasteiger partial charge in [0.15, 0.2) is 0 Å². The fourth-order valence-electron chi connectivity index (χ4n) is 4.50. The molecule has 1 aliphatic rings. The Kier molecular flexibility index (Phi) is 5.39. The van der Waals surface area contributed by atoms with Gasteiger partial charge in [-0.2, -0.15) is 5.26 Å². The van der Waals surface area contributed by atoms with Crippen molar-refractivity contribution < 1.29 is 9.13 Å². The van der Waals surface area contributed by atoms with Crippen LogP contribution in [0.15, 0.2) is 60.4 Å². The maximum atomic E-state index is 13.9. The van der Waals surface area contributed by atoms with Gasteiger partial charge in [-0.15, -0.1) is 0 Å². The fraction of sp³-hybridized carbons (Fsp3) is 0.222. The quantitative estimate of drug-likeness (QED) is 0.377. The number of aromatic nitrogens is 3. The summed E-state index contributed by atoms with van der Waals surface area (Å²) in [6.07, 6.45) is 5.48. The van der Waals surface area contributed by atoms with E-state index in [1.807, 2.05) is 12.1 Å². The number of hydrogen-bond acceptors (Lipinski definition) is 4. The first kappa shape index (κ1) is 20.9. The van der Waals surface area contributed by atoms with Gasteiger partial charge in [-0.05, 0) is 54.3 Å². The van der Waals surface area contributed by atoms with Gasteiger partial charge < -0.3 is 9.30 Å². The van der Waals surface area contributed by atoms with Crippen molar-refractivity contribution in [1.29, 1.82) is 5.26 Å². The number of fused-ring (bicyclic) bond motifs is 3. The molecular formula is C27H23FN4O. The highest BCUT2D eigenvalue weighted by Gasteiger charge is 2.22. The molecule has 0 saturated carbocycles. The van der Waals surface area contributed by atoms with Gasteiger partial charge >= 0.3 is 0 Å². The van der Waals surface area contributed by atoms with Crippen LogP contribution in [0.25, 0.3) is 16.6 Å². The van der Waals surface area contributed by atoms with Gasteiger partial charge in [0.1, 0.15) is 29.5 Å². The standard InChI is InChI=1S/C27H23FN4O/c1-3-4-26-31-23-14-30-10-9-24(23)32(26)15-18-5-7-21-19(11-18)16-33-25-12-20(28)6-8-22(25)27(21)17(2)13-29/h5-12,14H,3-4,15-16H2,1-2H3/b27-17-. The molecular weight excluding hydrogens is 415 g/mol. The van der Waals surface area contributed by atoms with Crippen molar-refractivity contribution in [3.05, 3.63) is 94.3 Å². The van der Waals surface area contributed by atoms with E-state index in [0.29, 0.717) is 24.5 Å². The number of imidazole rings is 1. The molecule has 2 aromatic heterocycles. The highest BCUT2D eigenvalue weighted by atomic mass is 19.1. The van der Waals surface area contributed by atoms with Crippen LogP contribution in [0.2, 0.25) is 0 Å². The summed E-state index contributed by atoms with van der Waals surface area (Å²) < 4.78 is 22.1. The van der Waals surface area contributed by atoms with E-state index in [4.69, 9.17) is 9.72 Å². The van der Waals surface area contributed by atoms with Gasteiger partial charge in [-0.25, -0.2) is 9.37 Å². The van der Waals surface area contributed by atoms with Gasteiger partial charge in [0.2, 0.25) is 0 Å². The van der Waals surface area contributed by atoms with Crippen LogP contribution in [0.1, 0.15) is 48.3 Å². The number of ether oxygens (including phenoxy) is 1. The summed E-state index contributed by atoms with van der Waals surface area (Å²) in [6.45, 7) is 4.90. The molecule has 2 aromatic carbocycles. The number of allylic oxidation sites excluding steroid dienone is 1. The number of pyridine rings is 1. The zero-order chi connectivity index (χ0) is 22.9. The first-order valence-electron chi connectivity index (χ1n) is 11.0. The smallest absolute Gasteiger partial charge is 0.130 e. The van der Waals surface area contributed by atoms with Gasteiger partial charge in [-0.3, -0.25) is 4.98 Å². The second kappa shape index (κ2) is 8.51. The molecule has 0 bridgehead atoms. The molecule has 6 heteroatoms. The predicted molar refractivity (Wildman–Crippen MR) is 125 cm³/mol. The van der Waals surface area contributed by atoms with E-state index in [1.54, 1.807) is 25.4 Å². The molecule has 1 aliphatic heterocycles. The number of nitriles is 1. The Morgan fingerprint density at radius 3 is 2.85 bits per heavy atom. The summed E-state index contributed by atoms with van der Waals surface area (Å²) in [4.78, 5) is 8.99. The Balaban J connectivity index is 1.60. The molecule has 4 aromatic rings. The molecule has 0 atom stereocenters. The van der Waals surface area contributed by atoms with Crippen LogP contribution in [-0.2, 0) is 19.6 Å². The van der Waals surface area contributed by atoms with Crippen LogP contribution < -0.4 is 4.74 Å². The first-order valence-corrected chi connectivity index (χ1v) is 11.0. The average Bonchev–Trinajstić information content (AvgIpc) is 3.07. The molecule has 0 amide bonds. The Morgan fingerprint density at radius 1 is 1.18 bits per heavy atom. The number of benzene rings is 2. The van der Waals surface area contributed by atoms with Gasteiger partial charge in [0.05, 0.1) is 17.8 Å². The van der Waals surface area contributed by atoms with E-state index in [0.717, 1.165) is 57.5 Å². The molecule has 0 N–H and O–H groups in total. The Bertz CT molecular complexity index is 1440. The lowest BCUT2D eigenvalue weighted by molar-refractivity contribution is 0.305. The van der Waals surface area contributed by atoms with E-state index >= 15 is 0 Å². The van der Waals surface area contributed by atoms with E-state index < -0.39 is 0 Å². The van der Waals surface area contributed by atoms with E-state index in [-0.39, 0.29) is 5.82 Å². The molecule has 5 rings (SSSR count). The van der Waals surface area contributed by atoms with Gasteiger partial charge in [0.25, 0.3) is 0 Å². The fourth-order valence-corrected chi connectivity index (χ4v) is 4.50. The molecule has 0 saturated heterocycles.